The molecule has 0 unspecified atom stereocenters. The number of methoxy groups -OCH3 is 1. The SMILES string of the molecule is CCCc1ccc(C(=O)NC[C@@](C)(O)COC)cc1. The number of nitrogens with one attached hydrogen (secondary N) is 1. The van der Waals surface area contributed by atoms with E-state index in [0.717, 1.165) is 12.8 Å². The molecular formula is C15H23NO3. The molecule has 0 saturated carbocycles. The fourth-order valence-electron chi connectivity index (χ4n) is 1.85. The number of aryl methyl sites for hydroxylation is 1. The Morgan fingerprint density at radius 1 is 1.37 bits per heavy atom. The summed E-state index contributed by atoms with van der Waals surface area (Å²) in [5, 5.41) is 12.6. The van der Waals surface area contributed by atoms with Crippen LogP contribution >= 0.6 is 0 Å². The highest BCUT2D eigenvalue weighted by Gasteiger charge is 2.21. The number of hydrogen-bond acceptors (Lipinski definition) is 3. The molecule has 0 aliphatic heterocycles. The van der Waals surface area contributed by atoms with Crippen LogP contribution < -0.4 is 5.32 Å². The first-order chi connectivity index (χ1) is 8.98. The van der Waals surface area contributed by atoms with Crippen LogP contribution in [-0.2, 0) is 11.2 Å². The van der Waals surface area contributed by atoms with Gasteiger partial charge in [-0.25, -0.2) is 0 Å². The van der Waals surface area contributed by atoms with Crippen LogP contribution in [0, 0.1) is 0 Å². The maximum absolute atomic E-state index is 11.9. The molecule has 106 valence electrons. The third-order valence-electron chi connectivity index (χ3n) is 2.84. The number of hydrogen-bond donors (Lipinski definition) is 2. The van der Waals surface area contributed by atoms with Gasteiger partial charge in [-0.2, -0.15) is 0 Å². The predicted octanol–water partition coefficient (Wildman–Crippen LogP) is 1.77. The van der Waals surface area contributed by atoms with Gasteiger partial charge in [0.15, 0.2) is 0 Å². The highest BCUT2D eigenvalue weighted by atomic mass is 16.5. The molecule has 0 spiro atoms. The van der Waals surface area contributed by atoms with E-state index in [9.17, 15) is 9.90 Å². The summed E-state index contributed by atoms with van der Waals surface area (Å²) in [6, 6.07) is 7.55. The monoisotopic (exact) mass is 265 g/mol. The maximum atomic E-state index is 11.9. The molecule has 4 nitrogen and oxygen atoms in total. The van der Waals surface area contributed by atoms with Crippen LogP contribution in [0.3, 0.4) is 0 Å². The number of amides is 1. The number of carbonyl (C=O) groups excluding carboxylic acids is 1. The maximum Gasteiger partial charge on any atom is 0.251 e. The average molecular weight is 265 g/mol. The van der Waals surface area contributed by atoms with E-state index >= 15 is 0 Å². The van der Waals surface area contributed by atoms with Gasteiger partial charge in [0.05, 0.1) is 6.61 Å². The minimum atomic E-state index is -1.05. The Morgan fingerprint density at radius 2 is 2.00 bits per heavy atom. The third kappa shape index (κ3) is 5.41. The van der Waals surface area contributed by atoms with Crippen molar-refractivity contribution in [3.05, 3.63) is 35.4 Å². The van der Waals surface area contributed by atoms with Crippen LogP contribution in [0.15, 0.2) is 24.3 Å². The van der Waals surface area contributed by atoms with Crippen molar-refractivity contribution in [2.24, 2.45) is 0 Å². The van der Waals surface area contributed by atoms with Gasteiger partial charge in [-0.05, 0) is 31.0 Å². The van der Waals surface area contributed by atoms with Crippen molar-refractivity contribution in [2.45, 2.75) is 32.3 Å². The van der Waals surface area contributed by atoms with Crippen molar-refractivity contribution in [2.75, 3.05) is 20.3 Å². The van der Waals surface area contributed by atoms with Crippen LogP contribution in [0.25, 0.3) is 0 Å². The first-order valence-electron chi connectivity index (χ1n) is 6.57. The van der Waals surface area contributed by atoms with E-state index < -0.39 is 5.60 Å². The summed E-state index contributed by atoms with van der Waals surface area (Å²) in [4.78, 5) is 11.9. The Bertz CT molecular complexity index is 398. The zero-order chi connectivity index (χ0) is 14.3. The zero-order valence-corrected chi connectivity index (χ0v) is 11.9. The molecule has 0 aliphatic rings. The van der Waals surface area contributed by atoms with Crippen molar-refractivity contribution in [1.29, 1.82) is 0 Å². The Morgan fingerprint density at radius 3 is 2.53 bits per heavy atom. The van der Waals surface area contributed by atoms with Crippen molar-refractivity contribution < 1.29 is 14.6 Å². The molecular weight excluding hydrogens is 242 g/mol. The summed E-state index contributed by atoms with van der Waals surface area (Å²) in [5.74, 6) is -0.181. The van der Waals surface area contributed by atoms with Gasteiger partial charge in [-0.3, -0.25) is 4.79 Å². The molecule has 0 fully saturated rings. The second-order valence-corrected chi connectivity index (χ2v) is 5.06. The van der Waals surface area contributed by atoms with Crippen LogP contribution in [0.4, 0.5) is 0 Å². The summed E-state index contributed by atoms with van der Waals surface area (Å²) in [6.45, 7) is 4.10. The molecule has 0 heterocycles. The Hall–Kier alpha value is -1.39. The molecule has 0 aromatic heterocycles. The van der Waals surface area contributed by atoms with Crippen LogP contribution in [0.5, 0.6) is 0 Å². The highest BCUT2D eigenvalue weighted by molar-refractivity contribution is 5.94. The summed E-state index contributed by atoms with van der Waals surface area (Å²) in [5.41, 5.74) is 0.783. The van der Waals surface area contributed by atoms with E-state index in [1.165, 1.54) is 12.7 Å². The fourth-order valence-corrected chi connectivity index (χ4v) is 1.85. The van der Waals surface area contributed by atoms with Crippen molar-refractivity contribution >= 4 is 5.91 Å². The fraction of sp³-hybridized carbons (Fsp3) is 0.533. The van der Waals surface area contributed by atoms with Crippen LogP contribution in [0.1, 0.15) is 36.2 Å². The normalized spacial score (nSPS) is 13.9. The number of aliphatic hydroxyl groups is 1. The number of rotatable bonds is 7. The average Bonchev–Trinajstić information content (AvgIpc) is 2.37. The number of carbonyl (C=O) groups is 1. The van der Waals surface area contributed by atoms with Gasteiger partial charge in [0.1, 0.15) is 5.60 Å². The predicted molar refractivity (Wildman–Crippen MR) is 75.3 cm³/mol. The van der Waals surface area contributed by atoms with E-state index in [1.54, 1.807) is 6.92 Å². The first-order valence-corrected chi connectivity index (χ1v) is 6.57. The van der Waals surface area contributed by atoms with E-state index in [0.29, 0.717) is 5.56 Å². The lowest BCUT2D eigenvalue weighted by atomic mass is 10.1. The summed E-state index contributed by atoms with van der Waals surface area (Å²) < 4.78 is 4.89. The minimum absolute atomic E-state index is 0.163. The van der Waals surface area contributed by atoms with Crippen LogP contribution in [-0.4, -0.2) is 36.9 Å². The second kappa shape index (κ2) is 7.26. The van der Waals surface area contributed by atoms with Crippen LogP contribution in [0.2, 0.25) is 0 Å². The Kier molecular flexibility index (Phi) is 5.99. The molecule has 1 rings (SSSR count). The molecule has 1 amide bonds. The quantitative estimate of drug-likeness (QED) is 0.790. The molecule has 2 N–H and O–H groups in total. The molecule has 0 radical (unpaired) electrons. The summed E-state index contributed by atoms with van der Waals surface area (Å²) in [7, 11) is 1.52. The van der Waals surface area contributed by atoms with E-state index in [2.05, 4.69) is 12.2 Å². The largest absolute Gasteiger partial charge is 0.386 e. The molecule has 1 aromatic rings. The smallest absolute Gasteiger partial charge is 0.251 e. The number of ether oxygens (including phenoxy) is 1. The molecule has 0 bridgehead atoms. The van der Waals surface area contributed by atoms with Gasteiger partial charge in [0, 0.05) is 19.2 Å². The highest BCUT2D eigenvalue weighted by Crippen LogP contribution is 2.07. The molecule has 4 heteroatoms. The summed E-state index contributed by atoms with van der Waals surface area (Å²) >= 11 is 0. The lowest BCUT2D eigenvalue weighted by Gasteiger charge is -2.22. The van der Waals surface area contributed by atoms with E-state index in [-0.39, 0.29) is 19.1 Å². The minimum Gasteiger partial charge on any atom is -0.386 e. The molecule has 1 atom stereocenters. The summed E-state index contributed by atoms with van der Waals surface area (Å²) in [6.07, 6.45) is 2.11. The van der Waals surface area contributed by atoms with Crippen molar-refractivity contribution in [3.63, 3.8) is 0 Å². The van der Waals surface area contributed by atoms with Gasteiger partial charge >= 0.3 is 0 Å². The third-order valence-corrected chi connectivity index (χ3v) is 2.84. The van der Waals surface area contributed by atoms with Gasteiger partial charge in [0.2, 0.25) is 0 Å². The number of benzene rings is 1. The standard InChI is InChI=1S/C15H23NO3/c1-4-5-12-6-8-13(9-7-12)14(17)16-10-15(2,18)11-19-3/h6-9,18H,4-5,10-11H2,1-3H3,(H,16,17)/t15-/m1/s1. The van der Waals surface area contributed by atoms with Gasteiger partial charge in [-0.1, -0.05) is 25.5 Å². The lowest BCUT2D eigenvalue weighted by molar-refractivity contribution is -0.0147. The second-order valence-electron chi connectivity index (χ2n) is 5.06. The molecule has 0 saturated heterocycles. The first kappa shape index (κ1) is 15.7. The Balaban J connectivity index is 2.53. The van der Waals surface area contributed by atoms with Crippen molar-refractivity contribution in [3.8, 4) is 0 Å². The Labute approximate surface area is 114 Å². The van der Waals surface area contributed by atoms with Crippen molar-refractivity contribution in [1.82, 2.24) is 5.32 Å². The van der Waals surface area contributed by atoms with E-state index in [1.807, 2.05) is 24.3 Å². The molecule has 19 heavy (non-hydrogen) atoms. The zero-order valence-electron chi connectivity index (χ0n) is 11.9. The topological polar surface area (TPSA) is 58.6 Å². The van der Waals surface area contributed by atoms with E-state index in [4.69, 9.17) is 4.74 Å². The van der Waals surface area contributed by atoms with Gasteiger partial charge in [-0.15, -0.1) is 0 Å². The lowest BCUT2D eigenvalue weighted by Crippen LogP contribution is -2.43. The van der Waals surface area contributed by atoms with Gasteiger partial charge in [0.25, 0.3) is 5.91 Å². The van der Waals surface area contributed by atoms with Gasteiger partial charge < -0.3 is 15.2 Å². The molecule has 0 aliphatic carbocycles. The molecule has 1 aromatic carbocycles.